The van der Waals surface area contributed by atoms with Crippen molar-refractivity contribution in [3.05, 3.63) is 30.3 Å². The van der Waals surface area contributed by atoms with Gasteiger partial charge in [-0.1, -0.05) is 18.2 Å². The Kier molecular flexibility index (Phi) is 8.16. The highest BCUT2D eigenvalue weighted by Gasteiger charge is 2.17. The van der Waals surface area contributed by atoms with Crippen LogP contribution in [0.2, 0.25) is 0 Å². The molecule has 1 fully saturated rings. The first-order chi connectivity index (χ1) is 9.75. The summed E-state index contributed by atoms with van der Waals surface area (Å²) in [5.41, 5.74) is 0. The lowest BCUT2D eigenvalue weighted by molar-refractivity contribution is -0.130. The molecule has 0 radical (unpaired) electrons. The van der Waals surface area contributed by atoms with Crippen LogP contribution in [0.15, 0.2) is 30.3 Å². The minimum absolute atomic E-state index is 0. The van der Waals surface area contributed by atoms with Gasteiger partial charge in [-0.05, 0) is 44.0 Å². The summed E-state index contributed by atoms with van der Waals surface area (Å²) in [5.74, 6) is 1.74. The highest BCUT2D eigenvalue weighted by molar-refractivity contribution is 5.85. The van der Waals surface area contributed by atoms with Crippen molar-refractivity contribution in [2.24, 2.45) is 5.92 Å². The number of carbonyl (C=O) groups is 1. The zero-order valence-corrected chi connectivity index (χ0v) is 13.4. The molecule has 21 heavy (non-hydrogen) atoms. The van der Waals surface area contributed by atoms with Gasteiger partial charge >= 0.3 is 0 Å². The Morgan fingerprint density at radius 1 is 1.38 bits per heavy atom. The number of rotatable bonds is 7. The second-order valence-electron chi connectivity index (χ2n) is 5.37. The van der Waals surface area contributed by atoms with Crippen molar-refractivity contribution in [3.63, 3.8) is 0 Å². The zero-order chi connectivity index (χ0) is 14.2. The number of carbonyl (C=O) groups excluding carboxylic acids is 1. The first-order valence-corrected chi connectivity index (χ1v) is 7.38. The Morgan fingerprint density at radius 3 is 2.81 bits per heavy atom. The van der Waals surface area contributed by atoms with Crippen LogP contribution in [0.25, 0.3) is 0 Å². The van der Waals surface area contributed by atoms with Crippen LogP contribution in [0, 0.1) is 5.92 Å². The lowest BCUT2D eigenvalue weighted by Gasteiger charge is -2.18. The van der Waals surface area contributed by atoms with Crippen molar-refractivity contribution >= 4 is 18.3 Å². The number of ether oxygens (including phenoxy) is 1. The van der Waals surface area contributed by atoms with Gasteiger partial charge in [-0.15, -0.1) is 12.4 Å². The summed E-state index contributed by atoms with van der Waals surface area (Å²) in [7, 11) is 1.85. The smallest absolute Gasteiger partial charge is 0.222 e. The van der Waals surface area contributed by atoms with Gasteiger partial charge in [0.25, 0.3) is 0 Å². The number of nitrogens with one attached hydrogen (secondary N) is 1. The molecule has 2 rings (SSSR count). The summed E-state index contributed by atoms with van der Waals surface area (Å²) in [6, 6.07) is 9.70. The van der Waals surface area contributed by atoms with Gasteiger partial charge in [-0.3, -0.25) is 4.79 Å². The number of likely N-dealkylation sites (N-methyl/N-ethyl adjacent to an activating group) is 1. The Morgan fingerprint density at radius 2 is 2.14 bits per heavy atom. The Bertz CT molecular complexity index is 408. The second kappa shape index (κ2) is 9.64. The Hall–Kier alpha value is -1.26. The van der Waals surface area contributed by atoms with E-state index in [2.05, 4.69) is 5.32 Å². The van der Waals surface area contributed by atoms with Gasteiger partial charge < -0.3 is 15.0 Å². The standard InChI is InChI=1S/C16H24N2O2.ClH/c1-18(11-12-20-15-5-3-2-4-6-15)16(19)8-7-14-9-10-17-13-14;/h2-6,14,17H,7-13H2,1H3;1H. The molecule has 0 bridgehead atoms. The van der Waals surface area contributed by atoms with Gasteiger partial charge in [-0.2, -0.15) is 0 Å². The maximum Gasteiger partial charge on any atom is 0.222 e. The monoisotopic (exact) mass is 312 g/mol. The van der Waals surface area contributed by atoms with Crippen molar-refractivity contribution < 1.29 is 9.53 Å². The van der Waals surface area contributed by atoms with Gasteiger partial charge in [0.05, 0.1) is 6.54 Å². The maximum absolute atomic E-state index is 12.0. The molecule has 4 nitrogen and oxygen atoms in total. The number of amides is 1. The van der Waals surface area contributed by atoms with Crippen molar-refractivity contribution in [1.82, 2.24) is 10.2 Å². The topological polar surface area (TPSA) is 41.6 Å². The van der Waals surface area contributed by atoms with E-state index in [1.54, 1.807) is 4.90 Å². The predicted octanol–water partition coefficient (Wildman–Crippen LogP) is 2.34. The Balaban J connectivity index is 0.00000220. The van der Waals surface area contributed by atoms with E-state index in [1.165, 1.54) is 6.42 Å². The first kappa shape index (κ1) is 17.8. The second-order valence-corrected chi connectivity index (χ2v) is 5.37. The Labute approximate surface area is 133 Å². The van der Waals surface area contributed by atoms with Crippen molar-refractivity contribution in [2.75, 3.05) is 33.3 Å². The number of hydrogen-bond donors (Lipinski definition) is 1. The van der Waals surface area contributed by atoms with Gasteiger partial charge in [0.2, 0.25) is 5.91 Å². The third kappa shape index (κ3) is 6.36. The van der Waals surface area contributed by atoms with Crippen LogP contribution >= 0.6 is 12.4 Å². The summed E-state index contributed by atoms with van der Waals surface area (Å²) < 4.78 is 5.60. The van der Waals surface area contributed by atoms with Crippen LogP contribution in [-0.2, 0) is 4.79 Å². The first-order valence-electron chi connectivity index (χ1n) is 7.38. The van der Waals surface area contributed by atoms with E-state index in [-0.39, 0.29) is 18.3 Å². The summed E-state index contributed by atoms with van der Waals surface area (Å²) in [6.07, 6.45) is 2.85. The van der Waals surface area contributed by atoms with E-state index in [4.69, 9.17) is 4.74 Å². The third-order valence-electron chi connectivity index (χ3n) is 3.79. The molecular weight excluding hydrogens is 288 g/mol. The molecule has 1 amide bonds. The molecule has 0 saturated carbocycles. The maximum atomic E-state index is 12.0. The SMILES string of the molecule is CN(CCOc1ccccc1)C(=O)CCC1CCNC1.Cl. The van der Waals surface area contributed by atoms with Crippen LogP contribution in [0.4, 0.5) is 0 Å². The predicted molar refractivity (Wildman–Crippen MR) is 87.0 cm³/mol. The van der Waals surface area contributed by atoms with E-state index >= 15 is 0 Å². The van der Waals surface area contributed by atoms with E-state index in [1.807, 2.05) is 37.4 Å². The van der Waals surface area contributed by atoms with Crippen LogP contribution in [0.5, 0.6) is 5.75 Å². The molecule has 1 saturated heterocycles. The molecule has 0 aromatic heterocycles. The fraction of sp³-hybridized carbons (Fsp3) is 0.562. The molecular formula is C16H25ClN2O2. The number of halogens is 1. The lowest BCUT2D eigenvalue weighted by atomic mass is 10.0. The van der Waals surface area contributed by atoms with Crippen LogP contribution in [-0.4, -0.2) is 44.1 Å². The molecule has 5 heteroatoms. The number of benzene rings is 1. The summed E-state index contributed by atoms with van der Waals surface area (Å²) in [4.78, 5) is 13.8. The van der Waals surface area contributed by atoms with Crippen LogP contribution < -0.4 is 10.1 Å². The van der Waals surface area contributed by atoms with E-state index < -0.39 is 0 Å². The summed E-state index contributed by atoms with van der Waals surface area (Å²) >= 11 is 0. The molecule has 1 aliphatic rings. The minimum Gasteiger partial charge on any atom is -0.492 e. The van der Waals surface area contributed by atoms with Crippen LogP contribution in [0.3, 0.4) is 0 Å². The largest absolute Gasteiger partial charge is 0.492 e. The number of hydrogen-bond acceptors (Lipinski definition) is 3. The van der Waals surface area contributed by atoms with Crippen LogP contribution in [0.1, 0.15) is 19.3 Å². The van der Waals surface area contributed by atoms with Crippen molar-refractivity contribution in [1.29, 1.82) is 0 Å². The normalized spacial score (nSPS) is 17.1. The molecule has 118 valence electrons. The fourth-order valence-corrected chi connectivity index (χ4v) is 2.42. The van der Waals surface area contributed by atoms with Crippen molar-refractivity contribution in [2.45, 2.75) is 19.3 Å². The molecule has 1 N–H and O–H groups in total. The van der Waals surface area contributed by atoms with E-state index in [0.717, 1.165) is 25.3 Å². The fourth-order valence-electron chi connectivity index (χ4n) is 2.42. The molecule has 0 spiro atoms. The van der Waals surface area contributed by atoms with Crippen molar-refractivity contribution in [3.8, 4) is 5.75 Å². The number of nitrogens with zero attached hydrogens (tertiary/aromatic N) is 1. The third-order valence-corrected chi connectivity index (χ3v) is 3.79. The molecule has 1 unspecified atom stereocenters. The highest BCUT2D eigenvalue weighted by atomic mass is 35.5. The average molecular weight is 313 g/mol. The quantitative estimate of drug-likeness (QED) is 0.840. The van der Waals surface area contributed by atoms with Gasteiger partial charge in [0.15, 0.2) is 0 Å². The van der Waals surface area contributed by atoms with Gasteiger partial charge in [0.1, 0.15) is 12.4 Å². The molecule has 1 heterocycles. The minimum atomic E-state index is 0. The molecule has 1 aliphatic heterocycles. The molecule has 0 aliphatic carbocycles. The van der Waals surface area contributed by atoms with Gasteiger partial charge in [-0.25, -0.2) is 0 Å². The lowest BCUT2D eigenvalue weighted by Crippen LogP contribution is -2.31. The highest BCUT2D eigenvalue weighted by Crippen LogP contribution is 2.15. The van der Waals surface area contributed by atoms with Gasteiger partial charge in [0, 0.05) is 13.5 Å². The summed E-state index contributed by atoms with van der Waals surface area (Å²) in [5, 5.41) is 3.33. The zero-order valence-electron chi connectivity index (χ0n) is 12.6. The molecule has 1 aromatic carbocycles. The van der Waals surface area contributed by atoms with E-state index in [9.17, 15) is 4.79 Å². The number of para-hydroxylation sites is 1. The van der Waals surface area contributed by atoms with E-state index in [0.29, 0.717) is 25.5 Å². The average Bonchev–Trinajstić information content (AvgIpc) is 2.99. The summed E-state index contributed by atoms with van der Waals surface area (Å²) in [6.45, 7) is 3.33. The molecule has 1 atom stereocenters. The molecule has 1 aromatic rings.